The van der Waals surface area contributed by atoms with Crippen LogP contribution in [-0.2, 0) is 11.1 Å². The average Bonchev–Trinajstić information content (AvgIpc) is 1.37. The van der Waals surface area contributed by atoms with Crippen LogP contribution < -0.4 is 0 Å². The third-order valence-corrected chi connectivity index (χ3v) is 0.224. The zero-order valence-corrected chi connectivity index (χ0v) is 2.96. The van der Waals surface area contributed by atoms with Crippen LogP contribution in [0.3, 0.4) is 0 Å². The second-order valence-electron chi connectivity index (χ2n) is 0.235. The molecule has 2 radical (unpaired) electrons. The van der Waals surface area contributed by atoms with E-state index in [0.717, 1.165) is 11.1 Å². The van der Waals surface area contributed by atoms with Crippen molar-refractivity contribution in [3.05, 3.63) is 0 Å². The maximum Gasteiger partial charge on any atom is 0.278 e. The molecule has 20 valence electrons. The van der Waals surface area contributed by atoms with Crippen molar-refractivity contribution in [2.45, 2.75) is 0 Å². The molecule has 3 heteroatoms. The highest BCUT2D eigenvalue weighted by molar-refractivity contribution is 7.66. The van der Waals surface area contributed by atoms with Gasteiger partial charge in [0.2, 0.25) is 0 Å². The van der Waals surface area contributed by atoms with Crippen LogP contribution in [0.1, 0.15) is 0 Å². The topological polar surface area (TPSA) is 12.4 Å². The molecule has 0 N–H and O–H groups in total. The van der Waals surface area contributed by atoms with Crippen molar-refractivity contribution in [3.63, 3.8) is 0 Å². The van der Waals surface area contributed by atoms with Gasteiger partial charge in [-0.05, 0) is 5.87 Å². The molecule has 0 aromatic rings. The summed E-state index contributed by atoms with van der Waals surface area (Å²) < 4.78 is 3.04. The van der Waals surface area contributed by atoms with Crippen LogP contribution >= 0.6 is 0 Å². The van der Waals surface area contributed by atoms with Gasteiger partial charge in [-0.3, -0.25) is 0 Å². The van der Waals surface area contributed by atoms with Crippen molar-refractivity contribution in [3.8, 4) is 0 Å². The summed E-state index contributed by atoms with van der Waals surface area (Å²) in [5.41, 5.74) is 0. The largest absolute Gasteiger partial charge is 0.308 e. The molecular formula is CH2BNS. The fourth-order valence-corrected chi connectivity index (χ4v) is 0. The van der Waals surface area contributed by atoms with Gasteiger partial charge >= 0.3 is 0 Å². The molecule has 0 aliphatic heterocycles. The molecule has 0 amide bonds. The van der Waals surface area contributed by atoms with Crippen molar-refractivity contribution >= 4 is 25.0 Å². The van der Waals surface area contributed by atoms with Crippen molar-refractivity contribution in [1.29, 1.82) is 0 Å². The van der Waals surface area contributed by atoms with Crippen molar-refractivity contribution in [1.82, 2.24) is 0 Å². The van der Waals surface area contributed by atoms with E-state index in [4.69, 9.17) is 0 Å². The summed E-state index contributed by atoms with van der Waals surface area (Å²) in [6, 6.07) is 0. The lowest BCUT2D eigenvalue weighted by molar-refractivity contribution is 2.06. The van der Waals surface area contributed by atoms with E-state index in [1.54, 1.807) is 0 Å². The molecule has 0 aromatic heterocycles. The second-order valence-corrected chi connectivity index (χ2v) is 0.704. The number of nitrogens with zero attached hydrogens (tertiary/aromatic N) is 1. The first-order valence-electron chi connectivity index (χ1n) is 0.729. The standard InChI is InChI=1S/CH2BNS/c1-4-3-2/h1H2. The molecule has 0 saturated heterocycles. The van der Waals surface area contributed by atoms with Gasteiger partial charge in [-0.1, -0.05) is 11.1 Å². The summed E-state index contributed by atoms with van der Waals surface area (Å²) in [6.45, 7) is 0. The molecule has 0 aliphatic rings. The van der Waals surface area contributed by atoms with E-state index in [0.29, 0.717) is 0 Å². The van der Waals surface area contributed by atoms with Crippen molar-refractivity contribution < 1.29 is 0 Å². The summed E-state index contributed by atoms with van der Waals surface area (Å²) in [5, 5.41) is 0. The van der Waals surface area contributed by atoms with Gasteiger partial charge in [-0.15, -0.1) is 0 Å². The maximum absolute atomic E-state index is 4.55. The van der Waals surface area contributed by atoms with Gasteiger partial charge in [0, 0.05) is 0 Å². The predicted octanol–water partition coefficient (Wildman–Crippen LogP) is -0.232. The fraction of sp³-hybridized carbons (Fsp3) is 0. The molecule has 0 saturated carbocycles. The summed E-state index contributed by atoms with van der Waals surface area (Å²) in [7, 11) is 4.55. The van der Waals surface area contributed by atoms with Crippen molar-refractivity contribution in [2.75, 3.05) is 0 Å². The van der Waals surface area contributed by atoms with E-state index in [1.165, 1.54) is 0 Å². The molecule has 1 nitrogen and oxygen atoms in total. The van der Waals surface area contributed by atoms with Crippen molar-refractivity contribution in [2.24, 2.45) is 4.27 Å². The SMILES string of the molecule is [B]N=S=C. The van der Waals surface area contributed by atoms with E-state index in [9.17, 15) is 0 Å². The molecule has 0 fully saturated rings. The first-order valence-corrected chi connectivity index (χ1v) is 1.67. The monoisotopic (exact) mass is 71.0 g/mol. The number of rotatable bonds is 0. The molecule has 0 atom stereocenters. The molecule has 0 rings (SSSR count). The Morgan fingerprint density at radius 3 is 2.25 bits per heavy atom. The predicted molar refractivity (Wildman–Crippen MR) is 22.7 cm³/mol. The highest BCUT2D eigenvalue weighted by Crippen LogP contribution is 1.29. The molecule has 0 heterocycles. The smallest absolute Gasteiger partial charge is 0.278 e. The molecule has 4 heavy (non-hydrogen) atoms. The van der Waals surface area contributed by atoms with Crippen LogP contribution in [0.15, 0.2) is 4.27 Å². The highest BCUT2D eigenvalue weighted by atomic mass is 32.1. The summed E-state index contributed by atoms with van der Waals surface area (Å²) in [5.74, 6) is 3.23. The molecular weight excluding hydrogens is 68.9 g/mol. The van der Waals surface area contributed by atoms with Crippen LogP contribution in [0.5, 0.6) is 0 Å². The molecule has 0 aliphatic carbocycles. The summed E-state index contributed by atoms with van der Waals surface area (Å²) in [4.78, 5) is 0. The van der Waals surface area contributed by atoms with Gasteiger partial charge in [0.1, 0.15) is 0 Å². The van der Waals surface area contributed by atoms with Gasteiger partial charge in [0.15, 0.2) is 0 Å². The summed E-state index contributed by atoms with van der Waals surface area (Å²) >= 11 is 1.01. The first kappa shape index (κ1) is 3.95. The Kier molecular flexibility index (Phi) is 2.92. The summed E-state index contributed by atoms with van der Waals surface area (Å²) in [6.07, 6.45) is 0. The van der Waals surface area contributed by atoms with Gasteiger partial charge in [-0.2, -0.15) is 0 Å². The molecule has 0 spiro atoms. The number of hydrogen-bond donors (Lipinski definition) is 0. The Morgan fingerprint density at radius 1 is 2.00 bits per heavy atom. The van der Waals surface area contributed by atoms with E-state index in [-0.39, 0.29) is 0 Å². The normalized spacial score (nSPS) is 5.00. The lowest BCUT2D eigenvalue weighted by Crippen LogP contribution is -1.37. The fourth-order valence-electron chi connectivity index (χ4n) is 0. The Morgan fingerprint density at radius 2 is 2.25 bits per heavy atom. The molecule has 0 bridgehead atoms. The van der Waals surface area contributed by atoms with E-state index < -0.39 is 0 Å². The quantitative estimate of drug-likeness (QED) is 0.276. The third-order valence-electron chi connectivity index (χ3n) is 0.0745. The van der Waals surface area contributed by atoms with E-state index >= 15 is 0 Å². The van der Waals surface area contributed by atoms with Crippen LogP contribution in [0, 0.1) is 0 Å². The van der Waals surface area contributed by atoms with Crippen LogP contribution in [0.4, 0.5) is 0 Å². The molecule has 0 unspecified atom stereocenters. The minimum atomic E-state index is 1.01. The highest BCUT2D eigenvalue weighted by Gasteiger charge is 1.25. The minimum absolute atomic E-state index is 1.01. The van der Waals surface area contributed by atoms with Crippen LogP contribution in [-0.4, -0.2) is 13.9 Å². The molecule has 0 aromatic carbocycles. The van der Waals surface area contributed by atoms with Crippen LogP contribution in [0.25, 0.3) is 0 Å². The zero-order chi connectivity index (χ0) is 3.41. The Balaban J connectivity index is 3.11. The number of hydrogen-bond acceptors (Lipinski definition) is 1. The Labute approximate surface area is 30.2 Å². The Bertz CT molecular complexity index is 46.0. The Hall–Kier alpha value is -0.0451. The second kappa shape index (κ2) is 2.95. The first-order chi connectivity index (χ1) is 1.91. The maximum atomic E-state index is 4.55. The van der Waals surface area contributed by atoms with E-state index in [1.807, 2.05) is 0 Å². The van der Waals surface area contributed by atoms with Gasteiger partial charge in [0.05, 0.1) is 0 Å². The van der Waals surface area contributed by atoms with Crippen LogP contribution in [0.2, 0.25) is 0 Å². The lowest BCUT2D eigenvalue weighted by Gasteiger charge is -1.41. The van der Waals surface area contributed by atoms with Gasteiger partial charge in [0.25, 0.3) is 7.98 Å². The zero-order valence-electron chi connectivity index (χ0n) is 2.14. The van der Waals surface area contributed by atoms with Gasteiger partial charge in [-0.25, -0.2) is 0 Å². The minimum Gasteiger partial charge on any atom is -0.308 e. The van der Waals surface area contributed by atoms with E-state index in [2.05, 4.69) is 18.1 Å². The lowest BCUT2D eigenvalue weighted by atomic mass is 10.5. The average molecular weight is 70.9 g/mol. The van der Waals surface area contributed by atoms with Gasteiger partial charge < -0.3 is 4.27 Å². The third kappa shape index (κ3) is 1.95.